The highest BCUT2D eigenvalue weighted by molar-refractivity contribution is 5.92. The van der Waals surface area contributed by atoms with E-state index in [-0.39, 0.29) is 18.5 Å². The van der Waals surface area contributed by atoms with Gasteiger partial charge >= 0.3 is 6.18 Å². The minimum Gasteiger partial charge on any atom is -0.373 e. The highest BCUT2D eigenvalue weighted by atomic mass is 19.4. The molecule has 114 valence electrons. The topological polar surface area (TPSA) is 46.3 Å². The second-order valence-electron chi connectivity index (χ2n) is 5.23. The minimum atomic E-state index is -4.43. The van der Waals surface area contributed by atoms with Crippen LogP contribution in [0.5, 0.6) is 0 Å². The average molecular weight is 298 g/mol. The van der Waals surface area contributed by atoms with E-state index < -0.39 is 18.0 Å². The molecular formula is C15H17F3N2O. The lowest BCUT2D eigenvalue weighted by molar-refractivity contribution is -0.170. The van der Waals surface area contributed by atoms with Crippen LogP contribution in [-0.4, -0.2) is 23.5 Å². The first-order chi connectivity index (χ1) is 9.79. The van der Waals surface area contributed by atoms with Crippen LogP contribution in [0.4, 0.5) is 13.2 Å². The van der Waals surface area contributed by atoms with Crippen molar-refractivity contribution >= 4 is 5.91 Å². The fourth-order valence-corrected chi connectivity index (χ4v) is 2.51. The van der Waals surface area contributed by atoms with Gasteiger partial charge in [0.15, 0.2) is 0 Å². The smallest absolute Gasteiger partial charge is 0.373 e. The number of nitrogens with zero attached hydrogens (tertiary/aromatic N) is 1. The van der Waals surface area contributed by atoms with E-state index in [1.54, 1.807) is 4.90 Å². The lowest BCUT2D eigenvalue weighted by atomic mass is 9.91. The lowest BCUT2D eigenvalue weighted by Crippen LogP contribution is -2.39. The molecule has 0 aliphatic carbocycles. The first-order valence-electron chi connectivity index (χ1n) is 6.66. The van der Waals surface area contributed by atoms with Gasteiger partial charge in [0.25, 0.3) is 0 Å². The zero-order valence-corrected chi connectivity index (χ0v) is 11.7. The second kappa shape index (κ2) is 5.79. The Balaban J connectivity index is 2.23. The molecule has 0 spiro atoms. The third kappa shape index (κ3) is 3.56. The minimum absolute atomic E-state index is 0.149. The summed E-state index contributed by atoms with van der Waals surface area (Å²) in [6, 6.07) is 7.64. The third-order valence-electron chi connectivity index (χ3n) is 3.72. The highest BCUT2D eigenvalue weighted by Gasteiger charge is 2.45. The predicted octanol–water partition coefficient (Wildman–Crippen LogP) is 2.75. The molecule has 1 aliphatic rings. The van der Waals surface area contributed by atoms with Gasteiger partial charge in [-0.05, 0) is 24.5 Å². The Labute approximate surface area is 121 Å². The van der Waals surface area contributed by atoms with Gasteiger partial charge in [-0.1, -0.05) is 24.3 Å². The molecule has 2 rings (SSSR count). The Morgan fingerprint density at radius 3 is 2.62 bits per heavy atom. The summed E-state index contributed by atoms with van der Waals surface area (Å²) in [5.74, 6) is -2.77. The number of carbonyl (C=O) groups excluding carboxylic acids is 1. The summed E-state index contributed by atoms with van der Waals surface area (Å²) >= 11 is 0. The summed E-state index contributed by atoms with van der Waals surface area (Å²) in [5, 5.41) is 0. The van der Waals surface area contributed by atoms with Crippen LogP contribution in [0.25, 0.3) is 0 Å². The molecule has 0 aromatic heterocycles. The van der Waals surface area contributed by atoms with Crippen molar-refractivity contribution in [2.75, 3.05) is 6.54 Å². The van der Waals surface area contributed by atoms with Gasteiger partial charge in [-0.25, -0.2) is 0 Å². The third-order valence-corrected chi connectivity index (χ3v) is 3.72. The molecule has 1 aliphatic heterocycles. The maximum atomic E-state index is 12.9. The van der Waals surface area contributed by atoms with E-state index >= 15 is 0 Å². The van der Waals surface area contributed by atoms with Gasteiger partial charge in [0, 0.05) is 24.9 Å². The number of hydrogen-bond donors (Lipinski definition) is 1. The lowest BCUT2D eigenvalue weighted by Gasteiger charge is -2.32. The van der Waals surface area contributed by atoms with Crippen LogP contribution in [0.1, 0.15) is 17.5 Å². The van der Waals surface area contributed by atoms with Crippen molar-refractivity contribution in [2.24, 2.45) is 11.7 Å². The van der Waals surface area contributed by atoms with Crippen molar-refractivity contribution in [2.45, 2.75) is 26.1 Å². The molecule has 0 saturated carbocycles. The fraction of sp³-hybridized carbons (Fsp3) is 0.400. The van der Waals surface area contributed by atoms with Crippen LogP contribution in [-0.2, 0) is 11.3 Å². The maximum Gasteiger partial charge on any atom is 0.396 e. The number of halogens is 3. The van der Waals surface area contributed by atoms with Crippen LogP contribution in [0, 0.1) is 12.8 Å². The Kier molecular flexibility index (Phi) is 4.25. The summed E-state index contributed by atoms with van der Waals surface area (Å²) < 4.78 is 38.7. The standard InChI is InChI=1S/C15H17F3N2O/c1-10-4-2-3-5-11(10)8-20-7-6-13(15(16,17)18)12(9-20)14(19)21/h2-5,9,13H,6-8H2,1H3,(H2,19,21)/t13-/m1/s1. The predicted molar refractivity (Wildman–Crippen MR) is 73.0 cm³/mol. The van der Waals surface area contributed by atoms with Crippen molar-refractivity contribution in [1.29, 1.82) is 0 Å². The SMILES string of the molecule is Cc1ccccc1CN1C=C(C(N)=O)[C@H](C(F)(F)F)CC1. The summed E-state index contributed by atoms with van der Waals surface area (Å²) in [7, 11) is 0. The molecule has 3 nitrogen and oxygen atoms in total. The van der Waals surface area contributed by atoms with Crippen molar-refractivity contribution in [3.05, 3.63) is 47.2 Å². The number of primary amides is 1. The van der Waals surface area contributed by atoms with Crippen LogP contribution in [0.2, 0.25) is 0 Å². The molecule has 1 atom stereocenters. The summed E-state index contributed by atoms with van der Waals surface area (Å²) in [6.45, 7) is 2.65. The molecule has 0 fully saturated rings. The fourth-order valence-electron chi connectivity index (χ4n) is 2.51. The van der Waals surface area contributed by atoms with Gasteiger partial charge in [0.05, 0.1) is 5.92 Å². The highest BCUT2D eigenvalue weighted by Crippen LogP contribution is 2.37. The molecule has 0 saturated heterocycles. The molecule has 2 N–H and O–H groups in total. The zero-order chi connectivity index (χ0) is 15.6. The average Bonchev–Trinajstić information content (AvgIpc) is 2.40. The number of rotatable bonds is 3. The first kappa shape index (κ1) is 15.4. The van der Waals surface area contributed by atoms with E-state index in [9.17, 15) is 18.0 Å². The maximum absolute atomic E-state index is 12.9. The molecule has 6 heteroatoms. The van der Waals surface area contributed by atoms with E-state index in [1.807, 2.05) is 31.2 Å². The molecule has 1 heterocycles. The van der Waals surface area contributed by atoms with Crippen molar-refractivity contribution in [3.8, 4) is 0 Å². The van der Waals surface area contributed by atoms with Crippen LogP contribution in [0.15, 0.2) is 36.0 Å². The first-order valence-corrected chi connectivity index (χ1v) is 6.66. The van der Waals surface area contributed by atoms with E-state index in [4.69, 9.17) is 5.73 Å². The molecule has 1 aromatic carbocycles. The molecule has 0 unspecified atom stereocenters. The largest absolute Gasteiger partial charge is 0.396 e. The molecule has 1 amide bonds. The van der Waals surface area contributed by atoms with Gasteiger partial charge in [-0.15, -0.1) is 0 Å². The Hall–Kier alpha value is -1.98. The second-order valence-corrected chi connectivity index (χ2v) is 5.23. The zero-order valence-electron chi connectivity index (χ0n) is 11.7. The Morgan fingerprint density at radius 1 is 1.38 bits per heavy atom. The number of amides is 1. The van der Waals surface area contributed by atoms with Crippen LogP contribution < -0.4 is 5.73 Å². The number of nitrogens with two attached hydrogens (primary N) is 1. The van der Waals surface area contributed by atoms with Gasteiger partial charge in [-0.3, -0.25) is 4.79 Å². The van der Waals surface area contributed by atoms with Crippen LogP contribution in [0.3, 0.4) is 0 Å². The molecular weight excluding hydrogens is 281 g/mol. The van der Waals surface area contributed by atoms with Gasteiger partial charge in [0.2, 0.25) is 5.91 Å². The van der Waals surface area contributed by atoms with Crippen LogP contribution >= 0.6 is 0 Å². The van der Waals surface area contributed by atoms with E-state index in [0.717, 1.165) is 11.1 Å². The van der Waals surface area contributed by atoms with Gasteiger partial charge < -0.3 is 10.6 Å². The molecule has 21 heavy (non-hydrogen) atoms. The molecule has 0 radical (unpaired) electrons. The Bertz CT molecular complexity index is 566. The summed E-state index contributed by atoms with van der Waals surface area (Å²) in [6.07, 6.45) is -3.32. The van der Waals surface area contributed by atoms with E-state index in [2.05, 4.69) is 0 Å². The van der Waals surface area contributed by atoms with Crippen molar-refractivity contribution < 1.29 is 18.0 Å². The number of carbonyl (C=O) groups is 1. The normalized spacial score (nSPS) is 19.3. The summed E-state index contributed by atoms with van der Waals surface area (Å²) in [4.78, 5) is 13.0. The quantitative estimate of drug-likeness (QED) is 0.932. The van der Waals surface area contributed by atoms with E-state index in [1.165, 1.54) is 6.20 Å². The Morgan fingerprint density at radius 2 is 2.05 bits per heavy atom. The van der Waals surface area contributed by atoms with E-state index in [0.29, 0.717) is 6.54 Å². The number of aryl methyl sites for hydroxylation is 1. The summed E-state index contributed by atoms with van der Waals surface area (Å²) in [5.41, 5.74) is 6.82. The number of hydrogen-bond acceptors (Lipinski definition) is 2. The van der Waals surface area contributed by atoms with Crippen molar-refractivity contribution in [3.63, 3.8) is 0 Å². The van der Waals surface area contributed by atoms with Gasteiger partial charge in [-0.2, -0.15) is 13.2 Å². The molecule has 0 bridgehead atoms. The number of alkyl halides is 3. The monoisotopic (exact) mass is 298 g/mol. The van der Waals surface area contributed by atoms with Gasteiger partial charge in [0.1, 0.15) is 0 Å². The molecule has 1 aromatic rings. The van der Waals surface area contributed by atoms with Crippen molar-refractivity contribution in [1.82, 2.24) is 4.90 Å². The number of benzene rings is 1.